The Bertz CT molecular complexity index is 1050. The van der Waals surface area contributed by atoms with Crippen LogP contribution < -0.4 is 5.32 Å². The summed E-state index contributed by atoms with van der Waals surface area (Å²) in [6, 6.07) is 13.4. The predicted octanol–water partition coefficient (Wildman–Crippen LogP) is 5.93. The molecule has 1 N–H and O–H groups in total. The molecule has 1 amide bonds. The Balaban J connectivity index is 1.68. The van der Waals surface area contributed by atoms with Crippen molar-refractivity contribution in [3.8, 4) is 0 Å². The zero-order valence-corrected chi connectivity index (χ0v) is 17.5. The molecule has 10 heteroatoms. The fraction of sp³-hybridized carbons (Fsp3) is 0.150. The Morgan fingerprint density at radius 3 is 2.47 bits per heavy atom. The minimum absolute atomic E-state index is 0.0542. The summed E-state index contributed by atoms with van der Waals surface area (Å²) in [5.74, 6) is -0.449. The third kappa shape index (κ3) is 6.10. The Morgan fingerprint density at radius 2 is 1.77 bits per heavy atom. The summed E-state index contributed by atoms with van der Waals surface area (Å²) in [5, 5.41) is 11.4. The van der Waals surface area contributed by atoms with Gasteiger partial charge in [0.25, 0.3) is 5.91 Å². The molecule has 0 aliphatic rings. The maximum absolute atomic E-state index is 12.8. The maximum atomic E-state index is 12.8. The standard InChI is InChI=1S/C20H14Cl2F3N3OS/c21-14-4-6-15(7-5-14)30-19-16(11-17(22)27-28-19)18(29)26-9-8-12-2-1-3-13(10-12)20(23,24)25/h1-7,10-11H,8-9H2,(H,26,29). The second kappa shape index (κ2) is 9.68. The first-order valence-electron chi connectivity index (χ1n) is 8.63. The molecule has 2 aromatic carbocycles. The maximum Gasteiger partial charge on any atom is 0.416 e. The van der Waals surface area contributed by atoms with Crippen LogP contribution in [0.4, 0.5) is 13.2 Å². The lowest BCUT2D eigenvalue weighted by Crippen LogP contribution is -2.26. The van der Waals surface area contributed by atoms with Crippen LogP contribution in [0.25, 0.3) is 0 Å². The number of hydrogen-bond donors (Lipinski definition) is 1. The smallest absolute Gasteiger partial charge is 0.352 e. The molecule has 0 aliphatic heterocycles. The van der Waals surface area contributed by atoms with Gasteiger partial charge < -0.3 is 5.32 Å². The van der Waals surface area contributed by atoms with E-state index in [0.717, 1.165) is 17.0 Å². The Hall–Kier alpha value is -2.29. The number of amides is 1. The number of hydrogen-bond acceptors (Lipinski definition) is 4. The van der Waals surface area contributed by atoms with Crippen molar-refractivity contribution >= 4 is 40.9 Å². The summed E-state index contributed by atoms with van der Waals surface area (Å²) < 4.78 is 38.5. The zero-order valence-electron chi connectivity index (χ0n) is 15.2. The molecule has 30 heavy (non-hydrogen) atoms. The van der Waals surface area contributed by atoms with Crippen molar-refractivity contribution in [3.63, 3.8) is 0 Å². The summed E-state index contributed by atoms with van der Waals surface area (Å²) >= 11 is 13.0. The summed E-state index contributed by atoms with van der Waals surface area (Å²) in [5.41, 5.74) is -0.0381. The molecule has 0 saturated heterocycles. The number of alkyl halides is 3. The van der Waals surface area contributed by atoms with Crippen molar-refractivity contribution in [2.45, 2.75) is 22.5 Å². The molecule has 0 bridgehead atoms. The molecule has 3 rings (SSSR count). The Kier molecular flexibility index (Phi) is 7.23. The monoisotopic (exact) mass is 471 g/mol. The van der Waals surface area contributed by atoms with Gasteiger partial charge in [0.05, 0.1) is 11.1 Å². The van der Waals surface area contributed by atoms with Gasteiger partial charge in [0, 0.05) is 16.5 Å². The van der Waals surface area contributed by atoms with Crippen LogP contribution in [0.1, 0.15) is 21.5 Å². The van der Waals surface area contributed by atoms with E-state index in [4.69, 9.17) is 23.2 Å². The van der Waals surface area contributed by atoms with E-state index in [0.29, 0.717) is 15.6 Å². The molecular weight excluding hydrogens is 458 g/mol. The molecule has 4 nitrogen and oxygen atoms in total. The van der Waals surface area contributed by atoms with E-state index < -0.39 is 17.6 Å². The van der Waals surface area contributed by atoms with Crippen molar-refractivity contribution in [1.82, 2.24) is 15.5 Å². The van der Waals surface area contributed by atoms with Crippen LogP contribution in [-0.4, -0.2) is 22.6 Å². The summed E-state index contributed by atoms with van der Waals surface area (Å²) in [4.78, 5) is 13.4. The topological polar surface area (TPSA) is 54.9 Å². The summed E-state index contributed by atoms with van der Waals surface area (Å²) in [7, 11) is 0. The molecule has 1 aromatic heterocycles. The highest BCUT2D eigenvalue weighted by Crippen LogP contribution is 2.31. The quantitative estimate of drug-likeness (QED) is 0.484. The van der Waals surface area contributed by atoms with Gasteiger partial charge in [0.15, 0.2) is 5.15 Å². The molecule has 0 saturated carbocycles. The number of rotatable bonds is 6. The molecule has 3 aromatic rings. The number of halogens is 5. The number of carbonyl (C=O) groups excluding carboxylic acids is 1. The van der Waals surface area contributed by atoms with E-state index in [-0.39, 0.29) is 23.7 Å². The third-order valence-electron chi connectivity index (χ3n) is 3.96. The Morgan fingerprint density at radius 1 is 1.03 bits per heavy atom. The minimum Gasteiger partial charge on any atom is -0.352 e. The highest BCUT2D eigenvalue weighted by atomic mass is 35.5. The first kappa shape index (κ1) is 22.4. The van der Waals surface area contributed by atoms with Crippen LogP contribution >= 0.6 is 35.0 Å². The van der Waals surface area contributed by atoms with E-state index in [1.807, 2.05) is 0 Å². The van der Waals surface area contributed by atoms with Crippen LogP contribution in [0.3, 0.4) is 0 Å². The van der Waals surface area contributed by atoms with Gasteiger partial charge >= 0.3 is 6.18 Å². The number of nitrogens with zero attached hydrogens (tertiary/aromatic N) is 2. The summed E-state index contributed by atoms with van der Waals surface area (Å²) in [6.07, 6.45) is -4.17. The normalized spacial score (nSPS) is 11.4. The lowest BCUT2D eigenvalue weighted by molar-refractivity contribution is -0.137. The number of nitrogens with one attached hydrogen (secondary N) is 1. The Labute approximate surface area is 184 Å². The molecule has 0 radical (unpaired) electrons. The van der Waals surface area contributed by atoms with E-state index in [9.17, 15) is 18.0 Å². The molecule has 156 valence electrons. The second-order valence-electron chi connectivity index (χ2n) is 6.15. The molecule has 0 aliphatic carbocycles. The number of benzene rings is 2. The van der Waals surface area contributed by atoms with Gasteiger partial charge in [-0.2, -0.15) is 13.2 Å². The van der Waals surface area contributed by atoms with Gasteiger partial charge in [-0.1, -0.05) is 53.2 Å². The average Bonchev–Trinajstić information content (AvgIpc) is 2.70. The second-order valence-corrected chi connectivity index (χ2v) is 8.03. The first-order valence-corrected chi connectivity index (χ1v) is 10.2. The van der Waals surface area contributed by atoms with Gasteiger partial charge in [0.1, 0.15) is 5.03 Å². The number of aromatic nitrogens is 2. The van der Waals surface area contributed by atoms with Crippen LogP contribution in [0.15, 0.2) is 64.5 Å². The lowest BCUT2D eigenvalue weighted by atomic mass is 10.1. The minimum atomic E-state index is -4.41. The van der Waals surface area contributed by atoms with Crippen molar-refractivity contribution in [3.05, 3.63) is 81.5 Å². The molecule has 0 unspecified atom stereocenters. The third-order valence-corrected chi connectivity index (χ3v) is 5.40. The van der Waals surface area contributed by atoms with E-state index in [2.05, 4.69) is 15.5 Å². The molecule has 0 atom stereocenters. The molecule has 0 fully saturated rings. The van der Waals surface area contributed by atoms with Crippen molar-refractivity contribution in [2.24, 2.45) is 0 Å². The first-order chi connectivity index (χ1) is 14.2. The average molecular weight is 472 g/mol. The van der Waals surface area contributed by atoms with Crippen LogP contribution in [0.5, 0.6) is 0 Å². The number of carbonyl (C=O) groups is 1. The predicted molar refractivity (Wildman–Crippen MR) is 110 cm³/mol. The lowest BCUT2D eigenvalue weighted by Gasteiger charge is -2.11. The van der Waals surface area contributed by atoms with E-state index in [1.165, 1.54) is 23.9 Å². The van der Waals surface area contributed by atoms with E-state index in [1.54, 1.807) is 30.3 Å². The SMILES string of the molecule is O=C(NCCc1cccc(C(F)(F)F)c1)c1cc(Cl)nnc1Sc1ccc(Cl)cc1. The molecule has 1 heterocycles. The fourth-order valence-electron chi connectivity index (χ4n) is 2.53. The van der Waals surface area contributed by atoms with E-state index >= 15 is 0 Å². The van der Waals surface area contributed by atoms with Crippen LogP contribution in [0, 0.1) is 0 Å². The molecular formula is C20H14Cl2F3N3OS. The summed E-state index contributed by atoms with van der Waals surface area (Å²) in [6.45, 7) is 0.144. The van der Waals surface area contributed by atoms with Crippen LogP contribution in [-0.2, 0) is 12.6 Å². The fourth-order valence-corrected chi connectivity index (χ4v) is 3.64. The van der Waals surface area contributed by atoms with Crippen molar-refractivity contribution in [2.75, 3.05) is 6.54 Å². The highest BCUT2D eigenvalue weighted by Gasteiger charge is 2.30. The van der Waals surface area contributed by atoms with Gasteiger partial charge in [-0.15, -0.1) is 10.2 Å². The van der Waals surface area contributed by atoms with Gasteiger partial charge in [-0.3, -0.25) is 4.79 Å². The largest absolute Gasteiger partial charge is 0.416 e. The zero-order chi connectivity index (χ0) is 21.7. The molecule has 0 spiro atoms. The van der Waals surface area contributed by atoms with Gasteiger partial charge in [0.2, 0.25) is 0 Å². The van der Waals surface area contributed by atoms with Crippen molar-refractivity contribution in [1.29, 1.82) is 0 Å². The van der Waals surface area contributed by atoms with Crippen molar-refractivity contribution < 1.29 is 18.0 Å². The highest BCUT2D eigenvalue weighted by molar-refractivity contribution is 7.99. The van der Waals surface area contributed by atoms with Gasteiger partial charge in [-0.25, -0.2) is 0 Å². The van der Waals surface area contributed by atoms with Gasteiger partial charge in [-0.05, 0) is 48.4 Å². The van der Waals surface area contributed by atoms with Crippen LogP contribution in [0.2, 0.25) is 10.2 Å².